The number of anilines is 1. The highest BCUT2D eigenvalue weighted by molar-refractivity contribution is 9.10. The molecule has 1 unspecified atom stereocenters. The number of nitrogens with one attached hydrogen (secondary N) is 1. The Bertz CT molecular complexity index is 603. The summed E-state index contributed by atoms with van der Waals surface area (Å²) >= 11 is 3.31. The molecule has 1 saturated heterocycles. The van der Waals surface area contributed by atoms with Gasteiger partial charge in [0.2, 0.25) is 11.8 Å². The summed E-state index contributed by atoms with van der Waals surface area (Å²) in [7, 11) is 1.49. The van der Waals surface area contributed by atoms with E-state index in [-0.39, 0.29) is 0 Å². The number of benzene rings is 1. The van der Waals surface area contributed by atoms with Crippen LogP contribution in [0.2, 0.25) is 0 Å². The molecule has 1 N–H and O–H groups in total. The molecule has 0 saturated carbocycles. The maximum absolute atomic E-state index is 12.5. The number of carbonyl (C=O) groups excluding carboxylic acids is 3. The van der Waals surface area contributed by atoms with Crippen molar-refractivity contribution < 1.29 is 19.1 Å². The first-order valence-corrected chi connectivity index (χ1v) is 7.31. The Morgan fingerprint density at radius 1 is 1.33 bits per heavy atom. The lowest BCUT2D eigenvalue weighted by Gasteiger charge is -2.30. The number of imide groups is 2. The maximum Gasteiger partial charge on any atom is 0.335 e. The van der Waals surface area contributed by atoms with Crippen LogP contribution in [-0.4, -0.2) is 25.0 Å². The fourth-order valence-electron chi connectivity index (χ4n) is 2.18. The van der Waals surface area contributed by atoms with E-state index in [4.69, 9.17) is 4.74 Å². The van der Waals surface area contributed by atoms with Crippen molar-refractivity contribution in [3.05, 3.63) is 22.7 Å². The fraction of sp³-hybridized carbons (Fsp3) is 0.357. The van der Waals surface area contributed by atoms with E-state index >= 15 is 0 Å². The number of carbonyl (C=O) groups is 3. The van der Waals surface area contributed by atoms with E-state index in [1.54, 1.807) is 18.2 Å². The second-order valence-electron chi connectivity index (χ2n) is 4.63. The molecule has 1 atom stereocenters. The second-order valence-corrected chi connectivity index (χ2v) is 5.48. The third kappa shape index (κ3) is 2.92. The van der Waals surface area contributed by atoms with Gasteiger partial charge in [0.05, 0.1) is 12.8 Å². The molecule has 0 spiro atoms. The van der Waals surface area contributed by atoms with E-state index < -0.39 is 23.8 Å². The summed E-state index contributed by atoms with van der Waals surface area (Å²) in [5.74, 6) is -1.38. The van der Waals surface area contributed by atoms with Crippen molar-refractivity contribution in [2.45, 2.75) is 19.8 Å². The molecule has 0 aliphatic carbocycles. The van der Waals surface area contributed by atoms with Crippen LogP contribution in [0.4, 0.5) is 10.5 Å². The number of halogens is 1. The van der Waals surface area contributed by atoms with Gasteiger partial charge in [-0.05, 0) is 34.5 Å². The van der Waals surface area contributed by atoms with Crippen LogP contribution in [0, 0.1) is 5.92 Å². The number of barbiturate groups is 1. The summed E-state index contributed by atoms with van der Waals surface area (Å²) < 4.78 is 5.68. The van der Waals surface area contributed by atoms with Crippen molar-refractivity contribution in [3.8, 4) is 5.75 Å². The van der Waals surface area contributed by atoms with Gasteiger partial charge in [-0.15, -0.1) is 0 Å². The summed E-state index contributed by atoms with van der Waals surface area (Å²) in [6.07, 6.45) is 1.07. The number of amides is 4. The lowest BCUT2D eigenvalue weighted by Crippen LogP contribution is -2.58. The highest BCUT2D eigenvalue weighted by Gasteiger charge is 2.41. The van der Waals surface area contributed by atoms with Gasteiger partial charge < -0.3 is 4.74 Å². The first-order valence-electron chi connectivity index (χ1n) is 6.52. The number of hydrogen-bond donors (Lipinski definition) is 1. The Kier molecular flexibility index (Phi) is 4.62. The molecule has 1 aliphatic heterocycles. The predicted molar refractivity (Wildman–Crippen MR) is 80.1 cm³/mol. The summed E-state index contributed by atoms with van der Waals surface area (Å²) in [5.41, 5.74) is 0.352. The quantitative estimate of drug-likeness (QED) is 0.842. The molecule has 4 amide bonds. The number of ether oxygens (including phenoxy) is 1. The van der Waals surface area contributed by atoms with Crippen LogP contribution in [-0.2, 0) is 9.59 Å². The molecular formula is C14H15BrN2O4. The third-order valence-corrected chi connectivity index (χ3v) is 3.91. The highest BCUT2D eigenvalue weighted by atomic mass is 79.9. The molecule has 0 aromatic heterocycles. The van der Waals surface area contributed by atoms with Gasteiger partial charge in [-0.1, -0.05) is 13.3 Å². The second kappa shape index (κ2) is 6.26. The first kappa shape index (κ1) is 15.5. The molecule has 1 aliphatic rings. The minimum absolute atomic E-state index is 0.352. The van der Waals surface area contributed by atoms with Crippen molar-refractivity contribution in [1.82, 2.24) is 5.32 Å². The van der Waals surface area contributed by atoms with Crippen molar-refractivity contribution in [1.29, 1.82) is 0 Å². The lowest BCUT2D eigenvalue weighted by atomic mass is 9.99. The van der Waals surface area contributed by atoms with Crippen LogP contribution in [0.25, 0.3) is 0 Å². The van der Waals surface area contributed by atoms with Gasteiger partial charge in [-0.25, -0.2) is 9.69 Å². The van der Waals surface area contributed by atoms with Crippen molar-refractivity contribution in [2.24, 2.45) is 5.92 Å². The predicted octanol–water partition coefficient (Wildman–Crippen LogP) is 2.46. The van der Waals surface area contributed by atoms with Gasteiger partial charge in [0.15, 0.2) is 0 Å². The molecule has 7 heteroatoms. The molecule has 6 nitrogen and oxygen atoms in total. The fourth-order valence-corrected chi connectivity index (χ4v) is 2.60. The van der Waals surface area contributed by atoms with Crippen molar-refractivity contribution >= 4 is 39.5 Å². The molecule has 2 rings (SSSR count). The Hall–Kier alpha value is -1.89. The van der Waals surface area contributed by atoms with Gasteiger partial charge >= 0.3 is 6.03 Å². The normalized spacial score (nSPS) is 18.7. The zero-order chi connectivity index (χ0) is 15.6. The van der Waals surface area contributed by atoms with E-state index in [9.17, 15) is 14.4 Å². The number of methoxy groups -OCH3 is 1. The standard InChI is InChI=1S/C14H15BrN2O4/c1-3-4-9-12(18)16-14(20)17(13(9)19)11-7-8(21-2)5-6-10(11)15/h5-7,9H,3-4H2,1-2H3,(H,16,18,20). The summed E-state index contributed by atoms with van der Waals surface area (Å²) in [4.78, 5) is 37.3. The van der Waals surface area contributed by atoms with Crippen LogP contribution in [0.1, 0.15) is 19.8 Å². The Balaban J connectivity index is 2.43. The minimum atomic E-state index is -0.842. The minimum Gasteiger partial charge on any atom is -0.497 e. The summed E-state index contributed by atoms with van der Waals surface area (Å²) in [6, 6.07) is 4.21. The van der Waals surface area contributed by atoms with Crippen LogP contribution < -0.4 is 15.0 Å². The molecule has 1 aromatic rings. The number of nitrogens with zero attached hydrogens (tertiary/aromatic N) is 1. The zero-order valence-corrected chi connectivity index (χ0v) is 13.3. The number of rotatable bonds is 4. The number of urea groups is 1. The summed E-state index contributed by atoms with van der Waals surface area (Å²) in [6.45, 7) is 1.88. The smallest absolute Gasteiger partial charge is 0.335 e. The molecular weight excluding hydrogens is 340 g/mol. The van der Waals surface area contributed by atoms with Gasteiger partial charge in [0.25, 0.3) is 0 Å². The molecule has 21 heavy (non-hydrogen) atoms. The van der Waals surface area contributed by atoms with Crippen molar-refractivity contribution in [2.75, 3.05) is 12.0 Å². The topological polar surface area (TPSA) is 75.7 Å². The van der Waals surface area contributed by atoms with Crippen LogP contribution in [0.5, 0.6) is 5.75 Å². The Labute approximate surface area is 130 Å². The highest BCUT2D eigenvalue weighted by Crippen LogP contribution is 2.33. The van der Waals surface area contributed by atoms with Crippen LogP contribution in [0.3, 0.4) is 0 Å². The van der Waals surface area contributed by atoms with Crippen LogP contribution in [0.15, 0.2) is 22.7 Å². The molecule has 0 radical (unpaired) electrons. The molecule has 1 fully saturated rings. The third-order valence-electron chi connectivity index (χ3n) is 3.24. The van der Waals surface area contributed by atoms with Crippen molar-refractivity contribution in [3.63, 3.8) is 0 Å². The van der Waals surface area contributed by atoms with Gasteiger partial charge in [-0.2, -0.15) is 0 Å². The molecule has 1 heterocycles. The largest absolute Gasteiger partial charge is 0.497 e. The van der Waals surface area contributed by atoms with Gasteiger partial charge in [-0.3, -0.25) is 14.9 Å². The molecule has 112 valence electrons. The van der Waals surface area contributed by atoms with E-state index in [1.165, 1.54) is 7.11 Å². The zero-order valence-electron chi connectivity index (χ0n) is 11.7. The van der Waals surface area contributed by atoms with E-state index in [0.29, 0.717) is 28.8 Å². The Morgan fingerprint density at radius 3 is 2.67 bits per heavy atom. The van der Waals surface area contributed by atoms with Gasteiger partial charge in [0, 0.05) is 10.5 Å². The Morgan fingerprint density at radius 2 is 2.05 bits per heavy atom. The molecule has 0 bridgehead atoms. The molecule has 1 aromatic carbocycles. The van der Waals surface area contributed by atoms with Gasteiger partial charge in [0.1, 0.15) is 11.7 Å². The van der Waals surface area contributed by atoms with E-state index in [0.717, 1.165) is 4.90 Å². The number of hydrogen-bond acceptors (Lipinski definition) is 4. The summed E-state index contributed by atoms with van der Waals surface area (Å²) in [5, 5.41) is 2.22. The lowest BCUT2D eigenvalue weighted by molar-refractivity contribution is -0.134. The van der Waals surface area contributed by atoms with E-state index in [2.05, 4.69) is 21.2 Å². The maximum atomic E-state index is 12.5. The average Bonchev–Trinajstić information content (AvgIpc) is 2.45. The van der Waals surface area contributed by atoms with Crippen LogP contribution >= 0.6 is 15.9 Å². The monoisotopic (exact) mass is 354 g/mol. The average molecular weight is 355 g/mol. The SMILES string of the molecule is CCCC1C(=O)NC(=O)N(c2cc(OC)ccc2Br)C1=O. The first-order chi connectivity index (χ1) is 9.99. The van der Waals surface area contributed by atoms with E-state index in [1.807, 2.05) is 6.92 Å².